The molecule has 3 heteroatoms. The van der Waals surface area contributed by atoms with Gasteiger partial charge in [0.05, 0.1) is 13.1 Å². The quantitative estimate of drug-likeness (QED) is 0.449. The first-order valence-electron chi connectivity index (χ1n) is 7.41. The minimum absolute atomic E-state index is 0. The first kappa shape index (κ1) is 17.7. The van der Waals surface area contributed by atoms with Gasteiger partial charge in [0.25, 0.3) is 0 Å². The lowest BCUT2D eigenvalue weighted by molar-refractivity contribution is -0.696. The van der Waals surface area contributed by atoms with Gasteiger partial charge in [-0.2, -0.15) is 0 Å². The van der Waals surface area contributed by atoms with Crippen molar-refractivity contribution in [2.45, 2.75) is 78.3 Å². The molecule has 0 unspecified atom stereocenters. The van der Waals surface area contributed by atoms with Crippen LogP contribution in [0.4, 0.5) is 0 Å². The number of rotatable bonds is 10. The van der Waals surface area contributed by atoms with Gasteiger partial charge in [-0.3, -0.25) is 0 Å². The summed E-state index contributed by atoms with van der Waals surface area (Å²) in [6, 6.07) is 0. The highest BCUT2D eigenvalue weighted by atomic mass is 79.9. The number of hydrogen-bond acceptors (Lipinski definition) is 0. The van der Waals surface area contributed by atoms with E-state index in [1.54, 1.807) is 0 Å². The molecule has 0 aliphatic heterocycles. The molecule has 2 nitrogen and oxygen atoms in total. The topological polar surface area (TPSA) is 8.81 Å². The third-order valence-corrected chi connectivity index (χ3v) is 3.38. The Kier molecular flexibility index (Phi) is 11.6. The predicted octanol–water partition coefficient (Wildman–Crippen LogP) is 0.940. The maximum atomic E-state index is 2.31. The van der Waals surface area contributed by atoms with E-state index in [9.17, 15) is 0 Å². The minimum atomic E-state index is 0. The summed E-state index contributed by atoms with van der Waals surface area (Å²) >= 11 is 0. The monoisotopic (exact) mass is 316 g/mol. The smallest absolute Gasteiger partial charge is 0.243 e. The third kappa shape index (κ3) is 7.91. The summed E-state index contributed by atoms with van der Waals surface area (Å²) in [6.45, 7) is 6.71. The molecule has 1 heterocycles. The predicted molar refractivity (Wildman–Crippen MR) is 72.9 cm³/mol. The summed E-state index contributed by atoms with van der Waals surface area (Å²) in [6.07, 6.45) is 17.8. The zero-order valence-corrected chi connectivity index (χ0v) is 13.7. The van der Waals surface area contributed by atoms with Crippen molar-refractivity contribution in [2.24, 2.45) is 0 Å². The molecule has 0 atom stereocenters. The van der Waals surface area contributed by atoms with Crippen LogP contribution >= 0.6 is 0 Å². The fraction of sp³-hybridized carbons (Fsp3) is 0.800. The second-order valence-corrected chi connectivity index (χ2v) is 4.96. The van der Waals surface area contributed by atoms with Gasteiger partial charge < -0.3 is 17.0 Å². The van der Waals surface area contributed by atoms with Gasteiger partial charge in [0.2, 0.25) is 6.33 Å². The van der Waals surface area contributed by atoms with Crippen molar-refractivity contribution in [1.29, 1.82) is 0 Å². The Morgan fingerprint density at radius 1 is 0.889 bits per heavy atom. The van der Waals surface area contributed by atoms with E-state index in [0.717, 1.165) is 6.54 Å². The lowest BCUT2D eigenvalue weighted by Gasteiger charge is -2.00. The lowest BCUT2D eigenvalue weighted by atomic mass is 10.1. The number of aromatic nitrogens is 2. The van der Waals surface area contributed by atoms with Crippen LogP contribution in [-0.2, 0) is 13.1 Å². The van der Waals surface area contributed by atoms with E-state index in [4.69, 9.17) is 0 Å². The van der Waals surface area contributed by atoms with Gasteiger partial charge in [-0.1, -0.05) is 45.4 Å². The molecule has 0 spiro atoms. The van der Waals surface area contributed by atoms with E-state index in [2.05, 4.69) is 41.7 Å². The molecular weight excluding hydrogens is 288 g/mol. The third-order valence-electron chi connectivity index (χ3n) is 3.38. The fourth-order valence-corrected chi connectivity index (χ4v) is 2.19. The molecule has 18 heavy (non-hydrogen) atoms. The molecular formula is C15H29BrN2. The van der Waals surface area contributed by atoms with E-state index < -0.39 is 0 Å². The van der Waals surface area contributed by atoms with Crippen molar-refractivity contribution in [3.63, 3.8) is 0 Å². The molecule has 0 N–H and O–H groups in total. The van der Waals surface area contributed by atoms with Crippen LogP contribution in [0, 0.1) is 0 Å². The molecule has 0 saturated carbocycles. The SMILES string of the molecule is CCCCCCCCCC[n+]1ccn(CC)c1.[Br-]. The summed E-state index contributed by atoms with van der Waals surface area (Å²) in [5, 5.41) is 0. The van der Waals surface area contributed by atoms with Gasteiger partial charge in [0.15, 0.2) is 0 Å². The summed E-state index contributed by atoms with van der Waals surface area (Å²) in [5.74, 6) is 0. The summed E-state index contributed by atoms with van der Waals surface area (Å²) in [7, 11) is 0. The van der Waals surface area contributed by atoms with Gasteiger partial charge in [-0.15, -0.1) is 0 Å². The molecule has 0 aliphatic carbocycles. The van der Waals surface area contributed by atoms with Crippen LogP contribution in [-0.4, -0.2) is 4.57 Å². The zero-order chi connectivity index (χ0) is 12.3. The molecule has 0 radical (unpaired) electrons. The van der Waals surface area contributed by atoms with Crippen molar-refractivity contribution in [2.75, 3.05) is 0 Å². The molecule has 0 fully saturated rings. The maximum Gasteiger partial charge on any atom is 0.243 e. The Bertz CT molecular complexity index is 284. The van der Waals surface area contributed by atoms with E-state index in [1.165, 1.54) is 57.9 Å². The van der Waals surface area contributed by atoms with Crippen LogP contribution < -0.4 is 21.5 Å². The van der Waals surface area contributed by atoms with Crippen molar-refractivity contribution in [1.82, 2.24) is 4.57 Å². The van der Waals surface area contributed by atoms with E-state index in [0.29, 0.717) is 0 Å². The average molecular weight is 317 g/mol. The van der Waals surface area contributed by atoms with E-state index >= 15 is 0 Å². The van der Waals surface area contributed by atoms with E-state index in [-0.39, 0.29) is 17.0 Å². The normalized spacial score (nSPS) is 10.3. The van der Waals surface area contributed by atoms with Crippen molar-refractivity contribution < 1.29 is 21.5 Å². The van der Waals surface area contributed by atoms with Crippen LogP contribution in [0.15, 0.2) is 18.7 Å². The van der Waals surface area contributed by atoms with Gasteiger partial charge in [-0.05, 0) is 19.8 Å². The number of hydrogen-bond donors (Lipinski definition) is 0. The molecule has 0 aromatic carbocycles. The Labute approximate surface area is 123 Å². The van der Waals surface area contributed by atoms with Crippen LogP contribution in [0.2, 0.25) is 0 Å². The highest BCUT2D eigenvalue weighted by Gasteiger charge is 2.00. The second kappa shape index (κ2) is 11.8. The fourth-order valence-electron chi connectivity index (χ4n) is 2.19. The number of imidazole rings is 1. The van der Waals surface area contributed by atoms with Gasteiger partial charge in [0, 0.05) is 0 Å². The highest BCUT2D eigenvalue weighted by molar-refractivity contribution is 4.64. The lowest BCUT2D eigenvalue weighted by Crippen LogP contribution is -3.00. The Morgan fingerprint density at radius 3 is 2.06 bits per heavy atom. The standard InChI is InChI=1S/C15H29N2.BrH/c1-3-5-6-7-8-9-10-11-12-17-14-13-16(4-2)15-17;/h13-15H,3-12H2,1-2H3;1H/q+1;/p-1. The summed E-state index contributed by atoms with van der Waals surface area (Å²) in [4.78, 5) is 0. The second-order valence-electron chi connectivity index (χ2n) is 4.96. The summed E-state index contributed by atoms with van der Waals surface area (Å²) in [5.41, 5.74) is 0. The zero-order valence-electron chi connectivity index (χ0n) is 12.1. The molecule has 1 rings (SSSR count). The van der Waals surface area contributed by atoms with Gasteiger partial charge in [0.1, 0.15) is 12.4 Å². The Hall–Kier alpha value is -0.310. The molecule has 0 aliphatic rings. The Balaban J connectivity index is 0.00000289. The van der Waals surface area contributed by atoms with E-state index in [1.807, 2.05) is 0 Å². The van der Waals surface area contributed by atoms with Crippen molar-refractivity contribution in [3.8, 4) is 0 Å². The van der Waals surface area contributed by atoms with Gasteiger partial charge in [-0.25, -0.2) is 9.13 Å². The number of halogens is 1. The van der Waals surface area contributed by atoms with Gasteiger partial charge >= 0.3 is 0 Å². The van der Waals surface area contributed by atoms with Crippen LogP contribution in [0.3, 0.4) is 0 Å². The molecule has 1 aromatic heterocycles. The van der Waals surface area contributed by atoms with Crippen molar-refractivity contribution >= 4 is 0 Å². The Morgan fingerprint density at radius 2 is 1.50 bits per heavy atom. The number of unbranched alkanes of at least 4 members (excludes halogenated alkanes) is 7. The largest absolute Gasteiger partial charge is 1.00 e. The average Bonchev–Trinajstić information content (AvgIpc) is 2.80. The molecule has 106 valence electrons. The number of aryl methyl sites for hydroxylation is 2. The van der Waals surface area contributed by atoms with Crippen LogP contribution in [0.25, 0.3) is 0 Å². The van der Waals surface area contributed by atoms with Crippen LogP contribution in [0.5, 0.6) is 0 Å². The minimum Gasteiger partial charge on any atom is -1.00 e. The number of nitrogens with zero attached hydrogens (tertiary/aromatic N) is 2. The molecule has 0 saturated heterocycles. The molecule has 0 bridgehead atoms. The molecule has 1 aromatic rings. The van der Waals surface area contributed by atoms with Crippen LogP contribution in [0.1, 0.15) is 65.2 Å². The highest BCUT2D eigenvalue weighted by Crippen LogP contribution is 2.08. The first-order valence-corrected chi connectivity index (χ1v) is 7.41. The maximum absolute atomic E-state index is 2.31. The summed E-state index contributed by atoms with van der Waals surface area (Å²) < 4.78 is 4.53. The van der Waals surface area contributed by atoms with Crippen molar-refractivity contribution in [3.05, 3.63) is 18.7 Å². The first-order chi connectivity index (χ1) is 8.36. The molecule has 0 amide bonds.